The Labute approximate surface area is 124 Å². The van der Waals surface area contributed by atoms with E-state index in [0.717, 1.165) is 32.8 Å². The molecule has 0 atom stereocenters. The average Bonchev–Trinajstić information content (AvgIpc) is 2.89. The molecule has 0 aliphatic rings. The van der Waals surface area contributed by atoms with Gasteiger partial charge in [0.1, 0.15) is 11.3 Å². The number of fused-ring (bicyclic) bond motifs is 1. The number of hydrogen-bond donors (Lipinski definition) is 0. The average molecular weight is 340 g/mol. The fourth-order valence-corrected chi connectivity index (χ4v) is 2.93. The minimum atomic E-state index is 0.357. The Balaban J connectivity index is 2.42. The van der Waals surface area contributed by atoms with E-state index in [1.54, 1.807) is 0 Å². The summed E-state index contributed by atoms with van der Waals surface area (Å²) in [6.07, 6.45) is 0. The molecule has 2 aromatic heterocycles. The van der Waals surface area contributed by atoms with E-state index in [0.29, 0.717) is 5.88 Å². The van der Waals surface area contributed by atoms with E-state index >= 15 is 0 Å². The van der Waals surface area contributed by atoms with Gasteiger partial charge < -0.3 is 0 Å². The summed E-state index contributed by atoms with van der Waals surface area (Å²) < 4.78 is 4.89. The SMILES string of the molecule is Cc1nn(C)c2c1nc(CCl)n2-c1ccccc1Br. The zero-order chi connectivity index (χ0) is 13.6. The first-order valence-corrected chi connectivity index (χ1v) is 7.18. The first-order valence-electron chi connectivity index (χ1n) is 5.85. The van der Waals surface area contributed by atoms with E-state index in [1.165, 1.54) is 0 Å². The van der Waals surface area contributed by atoms with Crippen LogP contribution in [-0.4, -0.2) is 19.3 Å². The van der Waals surface area contributed by atoms with Crippen molar-refractivity contribution in [3.63, 3.8) is 0 Å². The van der Waals surface area contributed by atoms with Crippen LogP contribution in [0.15, 0.2) is 28.7 Å². The zero-order valence-electron chi connectivity index (χ0n) is 10.6. The summed E-state index contributed by atoms with van der Waals surface area (Å²) in [5.74, 6) is 1.18. The summed E-state index contributed by atoms with van der Waals surface area (Å²) in [6.45, 7) is 1.96. The van der Waals surface area contributed by atoms with Crippen molar-refractivity contribution in [2.45, 2.75) is 12.8 Å². The van der Waals surface area contributed by atoms with Crippen molar-refractivity contribution in [1.82, 2.24) is 19.3 Å². The lowest BCUT2D eigenvalue weighted by atomic mass is 10.3. The summed E-state index contributed by atoms with van der Waals surface area (Å²) in [5, 5.41) is 4.42. The van der Waals surface area contributed by atoms with Crippen LogP contribution in [-0.2, 0) is 12.9 Å². The van der Waals surface area contributed by atoms with Gasteiger partial charge >= 0.3 is 0 Å². The number of aryl methyl sites for hydroxylation is 2. The van der Waals surface area contributed by atoms with Gasteiger partial charge in [0.15, 0.2) is 5.65 Å². The number of rotatable bonds is 2. The maximum absolute atomic E-state index is 6.04. The first kappa shape index (κ1) is 12.7. The molecule has 2 heterocycles. The maximum Gasteiger partial charge on any atom is 0.163 e. The summed E-state index contributed by atoms with van der Waals surface area (Å²) in [5.41, 5.74) is 3.78. The van der Waals surface area contributed by atoms with E-state index in [2.05, 4.69) is 26.0 Å². The van der Waals surface area contributed by atoms with Crippen LogP contribution in [0.25, 0.3) is 16.9 Å². The highest BCUT2D eigenvalue weighted by Gasteiger charge is 2.19. The van der Waals surface area contributed by atoms with Crippen molar-refractivity contribution in [3.05, 3.63) is 40.3 Å². The van der Waals surface area contributed by atoms with Crippen molar-refractivity contribution in [2.24, 2.45) is 7.05 Å². The van der Waals surface area contributed by atoms with Gasteiger partial charge in [-0.1, -0.05) is 12.1 Å². The second-order valence-corrected chi connectivity index (χ2v) is 5.45. The third kappa shape index (κ3) is 1.88. The van der Waals surface area contributed by atoms with Gasteiger partial charge in [-0.15, -0.1) is 11.6 Å². The Morgan fingerprint density at radius 2 is 2.05 bits per heavy atom. The number of para-hydroxylation sites is 1. The Kier molecular flexibility index (Phi) is 3.11. The number of benzene rings is 1. The maximum atomic E-state index is 6.04. The number of halogens is 2. The molecule has 4 nitrogen and oxygen atoms in total. The fourth-order valence-electron chi connectivity index (χ4n) is 2.29. The normalized spacial score (nSPS) is 11.4. The second-order valence-electron chi connectivity index (χ2n) is 4.33. The number of alkyl halides is 1. The molecule has 98 valence electrons. The number of aromatic nitrogens is 4. The Morgan fingerprint density at radius 1 is 1.32 bits per heavy atom. The van der Waals surface area contributed by atoms with E-state index in [-0.39, 0.29) is 0 Å². The van der Waals surface area contributed by atoms with Crippen LogP contribution < -0.4 is 0 Å². The van der Waals surface area contributed by atoms with Crippen molar-refractivity contribution in [1.29, 1.82) is 0 Å². The predicted molar refractivity (Wildman–Crippen MR) is 79.8 cm³/mol. The molecule has 1 aromatic carbocycles. The second kappa shape index (κ2) is 4.65. The van der Waals surface area contributed by atoms with Crippen molar-refractivity contribution >= 4 is 38.7 Å². The van der Waals surface area contributed by atoms with Gasteiger partial charge in [-0.25, -0.2) is 9.67 Å². The van der Waals surface area contributed by atoms with Crippen LogP contribution in [0.5, 0.6) is 0 Å². The van der Waals surface area contributed by atoms with Gasteiger partial charge in [-0.05, 0) is 35.0 Å². The number of nitrogens with zero attached hydrogens (tertiary/aromatic N) is 4. The molecule has 19 heavy (non-hydrogen) atoms. The predicted octanol–water partition coefficient (Wildman–Crippen LogP) is 3.57. The molecular formula is C13H12BrClN4. The van der Waals surface area contributed by atoms with Crippen LogP contribution in [0.3, 0.4) is 0 Å². The lowest BCUT2D eigenvalue weighted by Gasteiger charge is -2.10. The molecule has 3 aromatic rings. The van der Waals surface area contributed by atoms with Gasteiger partial charge in [-0.2, -0.15) is 5.10 Å². The largest absolute Gasteiger partial charge is 0.279 e. The number of hydrogen-bond acceptors (Lipinski definition) is 2. The van der Waals surface area contributed by atoms with E-state index < -0.39 is 0 Å². The van der Waals surface area contributed by atoms with E-state index in [9.17, 15) is 0 Å². The Bertz CT molecular complexity index is 759. The Morgan fingerprint density at radius 3 is 2.74 bits per heavy atom. The van der Waals surface area contributed by atoms with E-state index in [4.69, 9.17) is 11.6 Å². The lowest BCUT2D eigenvalue weighted by Crippen LogP contribution is -2.04. The van der Waals surface area contributed by atoms with Gasteiger partial charge in [0, 0.05) is 11.5 Å². The topological polar surface area (TPSA) is 35.6 Å². The summed E-state index contributed by atoms with van der Waals surface area (Å²) >= 11 is 9.62. The highest BCUT2D eigenvalue weighted by atomic mass is 79.9. The van der Waals surface area contributed by atoms with Crippen LogP contribution in [0.2, 0.25) is 0 Å². The van der Waals surface area contributed by atoms with Crippen LogP contribution >= 0.6 is 27.5 Å². The van der Waals surface area contributed by atoms with Crippen molar-refractivity contribution in [3.8, 4) is 5.69 Å². The Hall–Kier alpha value is -1.33. The third-order valence-corrected chi connectivity index (χ3v) is 3.99. The van der Waals surface area contributed by atoms with E-state index in [1.807, 2.05) is 47.5 Å². The molecule has 6 heteroatoms. The molecule has 0 bridgehead atoms. The molecule has 0 amide bonds. The molecule has 0 saturated heterocycles. The summed E-state index contributed by atoms with van der Waals surface area (Å²) in [4.78, 5) is 4.60. The molecule has 3 rings (SSSR count). The molecule has 0 spiro atoms. The van der Waals surface area contributed by atoms with Crippen molar-refractivity contribution < 1.29 is 0 Å². The van der Waals surface area contributed by atoms with Gasteiger partial charge in [0.25, 0.3) is 0 Å². The van der Waals surface area contributed by atoms with Gasteiger partial charge in [-0.3, -0.25) is 4.57 Å². The highest BCUT2D eigenvalue weighted by Crippen LogP contribution is 2.28. The third-order valence-electron chi connectivity index (χ3n) is 3.08. The quantitative estimate of drug-likeness (QED) is 0.669. The van der Waals surface area contributed by atoms with Gasteiger partial charge in [0.2, 0.25) is 0 Å². The smallest absolute Gasteiger partial charge is 0.163 e. The molecule has 0 radical (unpaired) electrons. The molecule has 0 aliphatic heterocycles. The van der Waals surface area contributed by atoms with Crippen molar-refractivity contribution in [2.75, 3.05) is 0 Å². The summed E-state index contributed by atoms with van der Waals surface area (Å²) in [6, 6.07) is 8.01. The standard InChI is InChI=1S/C13H12BrClN4/c1-8-12-13(18(2)17-8)19(11(7-15)16-12)10-6-4-3-5-9(10)14/h3-6H,7H2,1-2H3. The fraction of sp³-hybridized carbons (Fsp3) is 0.231. The zero-order valence-corrected chi connectivity index (χ0v) is 12.9. The molecule has 0 saturated carbocycles. The first-order chi connectivity index (χ1) is 9.13. The minimum Gasteiger partial charge on any atom is -0.279 e. The molecular weight excluding hydrogens is 328 g/mol. The number of imidazole rings is 1. The van der Waals surface area contributed by atoms with Gasteiger partial charge in [0.05, 0.1) is 17.3 Å². The lowest BCUT2D eigenvalue weighted by molar-refractivity contribution is 0.754. The van der Waals surface area contributed by atoms with Crippen LogP contribution in [0.1, 0.15) is 11.5 Å². The molecule has 0 N–H and O–H groups in total. The van der Waals surface area contributed by atoms with Crippen LogP contribution in [0, 0.1) is 6.92 Å². The van der Waals surface area contributed by atoms with Crippen LogP contribution in [0.4, 0.5) is 0 Å². The molecule has 0 aliphatic carbocycles. The highest BCUT2D eigenvalue weighted by molar-refractivity contribution is 9.10. The monoisotopic (exact) mass is 338 g/mol. The summed E-state index contributed by atoms with van der Waals surface area (Å²) in [7, 11) is 1.92. The molecule has 0 unspecified atom stereocenters. The molecule has 0 fully saturated rings. The minimum absolute atomic E-state index is 0.357.